The Morgan fingerprint density at radius 2 is 2.05 bits per heavy atom. The third kappa shape index (κ3) is 3.69. The maximum atomic E-state index is 12.9. The van der Waals surface area contributed by atoms with Gasteiger partial charge in [-0.1, -0.05) is 6.07 Å². The summed E-state index contributed by atoms with van der Waals surface area (Å²) in [6.45, 7) is 0.672. The van der Waals surface area contributed by atoms with Crippen LogP contribution in [-0.4, -0.2) is 41.6 Å². The molecule has 0 bridgehead atoms. The standard InChI is InChI=1S/C14H16FNO4/c15-11-2-1-3-12(8-11)20-9-13(17)16-6-4-10(5-7-16)14(18)19/h1-3,8,10H,4-7,9H2,(H,18,19). The molecule has 1 amide bonds. The molecule has 1 saturated heterocycles. The second-order valence-electron chi connectivity index (χ2n) is 4.74. The lowest BCUT2D eigenvalue weighted by atomic mass is 9.97. The molecule has 0 radical (unpaired) electrons. The Bertz CT molecular complexity index is 498. The average molecular weight is 281 g/mol. The molecule has 1 fully saturated rings. The second kappa shape index (κ2) is 6.36. The molecule has 0 unspecified atom stereocenters. The lowest BCUT2D eigenvalue weighted by molar-refractivity contribution is -0.146. The van der Waals surface area contributed by atoms with Gasteiger partial charge in [0.15, 0.2) is 6.61 Å². The molecule has 1 aliphatic heterocycles. The zero-order valence-electron chi connectivity index (χ0n) is 10.9. The molecule has 5 nitrogen and oxygen atoms in total. The summed E-state index contributed by atoms with van der Waals surface area (Å²) in [5.74, 6) is -1.51. The van der Waals surface area contributed by atoms with Gasteiger partial charge in [-0.15, -0.1) is 0 Å². The van der Waals surface area contributed by atoms with Crippen LogP contribution in [0.4, 0.5) is 4.39 Å². The van der Waals surface area contributed by atoms with Gasteiger partial charge in [0.05, 0.1) is 5.92 Å². The number of piperidine rings is 1. The number of carboxylic acid groups (broad SMARTS) is 1. The van der Waals surface area contributed by atoms with Crippen LogP contribution in [0.5, 0.6) is 5.75 Å². The van der Waals surface area contributed by atoms with Gasteiger partial charge in [0.1, 0.15) is 11.6 Å². The van der Waals surface area contributed by atoms with E-state index in [1.54, 1.807) is 11.0 Å². The molecule has 1 aromatic carbocycles. The highest BCUT2D eigenvalue weighted by Crippen LogP contribution is 2.18. The number of nitrogens with zero attached hydrogens (tertiary/aromatic N) is 1. The van der Waals surface area contributed by atoms with E-state index in [1.165, 1.54) is 18.2 Å². The van der Waals surface area contributed by atoms with E-state index in [-0.39, 0.29) is 18.4 Å². The van der Waals surface area contributed by atoms with Crippen molar-refractivity contribution in [3.05, 3.63) is 30.1 Å². The van der Waals surface area contributed by atoms with Gasteiger partial charge < -0.3 is 14.7 Å². The van der Waals surface area contributed by atoms with E-state index in [2.05, 4.69) is 0 Å². The molecule has 1 aliphatic rings. The van der Waals surface area contributed by atoms with Gasteiger partial charge in [-0.3, -0.25) is 9.59 Å². The van der Waals surface area contributed by atoms with Crippen molar-refractivity contribution in [3.63, 3.8) is 0 Å². The van der Waals surface area contributed by atoms with Crippen LogP contribution in [0.1, 0.15) is 12.8 Å². The van der Waals surface area contributed by atoms with E-state index < -0.39 is 11.8 Å². The Kier molecular flexibility index (Phi) is 4.55. The number of hydrogen-bond donors (Lipinski definition) is 1. The number of ether oxygens (including phenoxy) is 1. The molecule has 108 valence electrons. The average Bonchev–Trinajstić information content (AvgIpc) is 2.45. The number of halogens is 1. The molecule has 0 aliphatic carbocycles. The largest absolute Gasteiger partial charge is 0.484 e. The summed E-state index contributed by atoms with van der Waals surface area (Å²) in [5, 5.41) is 8.88. The minimum absolute atomic E-state index is 0.165. The van der Waals surface area contributed by atoms with Crippen molar-refractivity contribution in [2.75, 3.05) is 19.7 Å². The van der Waals surface area contributed by atoms with Crippen LogP contribution in [0, 0.1) is 11.7 Å². The monoisotopic (exact) mass is 281 g/mol. The minimum Gasteiger partial charge on any atom is -0.484 e. The number of likely N-dealkylation sites (tertiary alicyclic amines) is 1. The van der Waals surface area contributed by atoms with Gasteiger partial charge in [-0.25, -0.2) is 4.39 Å². The third-order valence-electron chi connectivity index (χ3n) is 3.36. The summed E-state index contributed by atoms with van der Waals surface area (Å²) >= 11 is 0. The van der Waals surface area contributed by atoms with Gasteiger partial charge in [0.25, 0.3) is 5.91 Å². The molecule has 1 N–H and O–H groups in total. The number of benzene rings is 1. The zero-order valence-corrected chi connectivity index (χ0v) is 10.9. The van der Waals surface area contributed by atoms with Gasteiger partial charge in [-0.05, 0) is 25.0 Å². The van der Waals surface area contributed by atoms with Crippen molar-refractivity contribution in [2.45, 2.75) is 12.8 Å². The van der Waals surface area contributed by atoms with E-state index in [0.29, 0.717) is 31.7 Å². The van der Waals surface area contributed by atoms with Crippen molar-refractivity contribution in [1.29, 1.82) is 0 Å². The predicted octanol–water partition coefficient (Wildman–Crippen LogP) is 1.53. The molecular formula is C14H16FNO4. The van der Waals surface area contributed by atoms with E-state index in [1.807, 2.05) is 0 Å². The highest BCUT2D eigenvalue weighted by molar-refractivity contribution is 5.78. The van der Waals surface area contributed by atoms with Crippen molar-refractivity contribution >= 4 is 11.9 Å². The fourth-order valence-corrected chi connectivity index (χ4v) is 2.17. The molecular weight excluding hydrogens is 265 g/mol. The number of amides is 1. The van der Waals surface area contributed by atoms with Crippen LogP contribution in [0.3, 0.4) is 0 Å². The third-order valence-corrected chi connectivity index (χ3v) is 3.36. The van der Waals surface area contributed by atoms with Gasteiger partial charge in [-0.2, -0.15) is 0 Å². The molecule has 1 heterocycles. The summed E-state index contributed by atoms with van der Waals surface area (Å²) in [4.78, 5) is 24.3. The Hall–Kier alpha value is -2.11. The molecule has 20 heavy (non-hydrogen) atoms. The van der Waals surface area contributed by atoms with Crippen LogP contribution in [0.25, 0.3) is 0 Å². The van der Waals surface area contributed by atoms with Crippen LogP contribution < -0.4 is 4.74 Å². The lowest BCUT2D eigenvalue weighted by Gasteiger charge is -2.30. The van der Waals surface area contributed by atoms with Gasteiger partial charge >= 0.3 is 5.97 Å². The van der Waals surface area contributed by atoms with Crippen molar-refractivity contribution < 1.29 is 23.8 Å². The van der Waals surface area contributed by atoms with Crippen LogP contribution in [0.15, 0.2) is 24.3 Å². The number of carbonyl (C=O) groups excluding carboxylic acids is 1. The summed E-state index contributed by atoms with van der Waals surface area (Å²) in [6, 6.07) is 5.59. The first kappa shape index (κ1) is 14.3. The highest BCUT2D eigenvalue weighted by Gasteiger charge is 2.26. The summed E-state index contributed by atoms with van der Waals surface area (Å²) in [7, 11) is 0. The molecule has 0 saturated carbocycles. The Morgan fingerprint density at radius 3 is 2.65 bits per heavy atom. The fraction of sp³-hybridized carbons (Fsp3) is 0.429. The summed E-state index contributed by atoms with van der Waals surface area (Å²) in [6.07, 6.45) is 0.919. The summed E-state index contributed by atoms with van der Waals surface area (Å²) in [5.41, 5.74) is 0. The van der Waals surface area contributed by atoms with E-state index >= 15 is 0 Å². The highest BCUT2D eigenvalue weighted by atomic mass is 19.1. The predicted molar refractivity (Wildman–Crippen MR) is 68.8 cm³/mol. The normalized spacial score (nSPS) is 15.9. The van der Waals surface area contributed by atoms with E-state index in [9.17, 15) is 14.0 Å². The van der Waals surface area contributed by atoms with Gasteiger partial charge in [0, 0.05) is 19.2 Å². The number of hydrogen-bond acceptors (Lipinski definition) is 3. The van der Waals surface area contributed by atoms with E-state index in [0.717, 1.165) is 0 Å². The maximum Gasteiger partial charge on any atom is 0.306 e. The van der Waals surface area contributed by atoms with Crippen LogP contribution in [-0.2, 0) is 9.59 Å². The topological polar surface area (TPSA) is 66.8 Å². The molecule has 0 spiro atoms. The molecule has 6 heteroatoms. The molecule has 2 rings (SSSR count). The maximum absolute atomic E-state index is 12.9. The number of carboxylic acids is 1. The zero-order chi connectivity index (χ0) is 14.5. The van der Waals surface area contributed by atoms with Crippen molar-refractivity contribution in [2.24, 2.45) is 5.92 Å². The van der Waals surface area contributed by atoms with Crippen molar-refractivity contribution in [3.8, 4) is 5.75 Å². The Labute approximate surface area is 116 Å². The number of aliphatic carboxylic acids is 1. The molecule has 0 atom stereocenters. The number of rotatable bonds is 4. The van der Waals surface area contributed by atoms with Crippen LogP contribution in [0.2, 0.25) is 0 Å². The first-order valence-corrected chi connectivity index (χ1v) is 6.45. The Morgan fingerprint density at radius 1 is 1.35 bits per heavy atom. The molecule has 0 aromatic heterocycles. The Balaban J connectivity index is 1.80. The minimum atomic E-state index is -0.812. The lowest BCUT2D eigenvalue weighted by Crippen LogP contribution is -2.42. The first-order chi connectivity index (χ1) is 9.56. The first-order valence-electron chi connectivity index (χ1n) is 6.45. The second-order valence-corrected chi connectivity index (χ2v) is 4.74. The quantitative estimate of drug-likeness (QED) is 0.908. The molecule has 1 aromatic rings. The number of carbonyl (C=O) groups is 2. The smallest absolute Gasteiger partial charge is 0.306 e. The van der Waals surface area contributed by atoms with Gasteiger partial charge in [0.2, 0.25) is 0 Å². The van der Waals surface area contributed by atoms with E-state index in [4.69, 9.17) is 9.84 Å². The summed E-state index contributed by atoms with van der Waals surface area (Å²) < 4.78 is 18.2. The van der Waals surface area contributed by atoms with Crippen LogP contribution >= 0.6 is 0 Å². The fourth-order valence-electron chi connectivity index (χ4n) is 2.17. The van der Waals surface area contributed by atoms with Crippen molar-refractivity contribution in [1.82, 2.24) is 4.90 Å². The SMILES string of the molecule is O=C(O)C1CCN(C(=O)COc2cccc(F)c2)CC1.